The third-order valence-electron chi connectivity index (χ3n) is 4.28. The van der Waals surface area contributed by atoms with Crippen molar-refractivity contribution in [1.82, 2.24) is 14.7 Å². The zero-order valence-electron chi connectivity index (χ0n) is 19.7. The van der Waals surface area contributed by atoms with E-state index in [1.165, 1.54) is 0 Å². The molecule has 6 N–H and O–H groups in total. The van der Waals surface area contributed by atoms with Crippen LogP contribution in [0.15, 0.2) is 0 Å². The van der Waals surface area contributed by atoms with E-state index in [-0.39, 0.29) is 27.3 Å². The van der Waals surface area contributed by atoms with Crippen LogP contribution in [0.25, 0.3) is 0 Å². The van der Waals surface area contributed by atoms with Gasteiger partial charge in [0, 0.05) is 78.5 Å². The smallest absolute Gasteiger partial charge is 0.378 e. The summed E-state index contributed by atoms with van der Waals surface area (Å²) in [6.45, 7) is 13.3. The van der Waals surface area contributed by atoms with E-state index in [9.17, 15) is 0 Å². The van der Waals surface area contributed by atoms with E-state index in [0.717, 1.165) is 72.1 Å². The van der Waals surface area contributed by atoms with E-state index < -0.39 is 20.5 Å². The quantitative estimate of drug-likeness (QED) is 0.212. The molecular formula is C16H38Cl2N6O10Pb. The Balaban J connectivity index is -0.000000784. The molecular weight excluding hydrogens is 714 g/mol. The number of nitrogens with two attached hydrogens (primary N) is 3. The number of halogens is 2. The zero-order chi connectivity index (χ0) is 26.5. The average Bonchev–Trinajstić information content (AvgIpc) is 2.69. The summed E-state index contributed by atoms with van der Waals surface area (Å²) in [4.78, 5) is 7.15. The Hall–Kier alpha value is 0.862. The minimum absolute atomic E-state index is 0. The minimum atomic E-state index is -4.94. The van der Waals surface area contributed by atoms with Gasteiger partial charge < -0.3 is 26.7 Å². The normalized spacial score (nSPS) is 18.6. The summed E-state index contributed by atoms with van der Waals surface area (Å²) in [6.07, 6.45) is 0. The van der Waals surface area contributed by atoms with Gasteiger partial charge in [-0.15, -0.1) is 20.5 Å². The van der Waals surface area contributed by atoms with Gasteiger partial charge in [-0.1, -0.05) is 0 Å². The molecule has 210 valence electrons. The van der Waals surface area contributed by atoms with Gasteiger partial charge in [-0.3, -0.25) is 14.7 Å². The van der Waals surface area contributed by atoms with Crippen molar-refractivity contribution in [3.05, 3.63) is 0 Å². The Morgan fingerprint density at radius 3 is 0.943 bits per heavy atom. The summed E-state index contributed by atoms with van der Waals surface area (Å²) in [5, 5.41) is 0. The van der Waals surface area contributed by atoms with Gasteiger partial charge in [0.15, 0.2) is 0 Å². The summed E-state index contributed by atoms with van der Waals surface area (Å²) in [5.74, 6) is 0. The van der Waals surface area contributed by atoms with Gasteiger partial charge in [-0.2, -0.15) is 0 Å². The molecule has 1 rings (SSSR count). The van der Waals surface area contributed by atoms with Crippen molar-refractivity contribution in [2.75, 3.05) is 105 Å². The second-order valence-electron chi connectivity index (χ2n) is 6.87. The molecule has 2 radical (unpaired) electrons. The van der Waals surface area contributed by atoms with Crippen molar-refractivity contribution in [3.63, 3.8) is 0 Å². The molecule has 0 amide bonds. The molecule has 0 aliphatic carbocycles. The summed E-state index contributed by atoms with van der Waals surface area (Å²) >= 11 is 0. The largest absolute Gasteiger partial charge is 2.00 e. The molecule has 0 aromatic heterocycles. The van der Waals surface area contributed by atoms with Gasteiger partial charge in [0.05, 0.1) is 26.4 Å². The van der Waals surface area contributed by atoms with E-state index in [2.05, 4.69) is 14.7 Å². The van der Waals surface area contributed by atoms with Crippen LogP contribution in [-0.4, -0.2) is 147 Å². The topological polar surface area (TPSA) is 291 Å². The van der Waals surface area contributed by atoms with Gasteiger partial charge >= 0.3 is 27.3 Å². The molecule has 1 saturated heterocycles. The van der Waals surface area contributed by atoms with E-state index in [0.29, 0.717) is 32.8 Å². The van der Waals surface area contributed by atoms with Crippen LogP contribution in [0.2, 0.25) is 0 Å². The van der Waals surface area contributed by atoms with Crippen molar-refractivity contribution in [3.8, 4) is 0 Å². The second-order valence-corrected chi connectivity index (χ2v) is 8.38. The van der Waals surface area contributed by atoms with Crippen LogP contribution < -0.4 is 54.5 Å². The van der Waals surface area contributed by atoms with E-state index in [1.54, 1.807) is 0 Å². The van der Waals surface area contributed by atoms with Gasteiger partial charge in [0.1, 0.15) is 0 Å². The van der Waals surface area contributed by atoms with Crippen molar-refractivity contribution in [2.45, 2.75) is 0 Å². The second kappa shape index (κ2) is 25.2. The first kappa shape index (κ1) is 40.4. The molecule has 0 atom stereocenters. The fourth-order valence-electron chi connectivity index (χ4n) is 2.83. The predicted molar refractivity (Wildman–Crippen MR) is 104 cm³/mol. The molecule has 0 aromatic rings. The number of nitrogens with zero attached hydrogens (tertiary/aromatic N) is 3. The van der Waals surface area contributed by atoms with Gasteiger partial charge in [0.2, 0.25) is 0 Å². The third-order valence-corrected chi connectivity index (χ3v) is 4.28. The van der Waals surface area contributed by atoms with Crippen molar-refractivity contribution in [1.29, 1.82) is 0 Å². The fraction of sp³-hybridized carbons (Fsp3) is 1.00. The molecule has 1 aliphatic rings. The van der Waals surface area contributed by atoms with Crippen molar-refractivity contribution < 1.29 is 67.2 Å². The molecule has 19 heteroatoms. The maximum Gasteiger partial charge on any atom is 2.00 e. The fourth-order valence-corrected chi connectivity index (χ4v) is 2.83. The average molecular weight is 753 g/mol. The Morgan fingerprint density at radius 2 is 0.714 bits per heavy atom. The summed E-state index contributed by atoms with van der Waals surface area (Å²) in [7, 11) is -9.89. The maximum atomic E-state index is 8.49. The number of hydrogen-bond acceptors (Lipinski definition) is 16. The van der Waals surface area contributed by atoms with Gasteiger partial charge in [-0.05, 0) is 0 Å². The first-order valence-electron chi connectivity index (χ1n) is 10.5. The van der Waals surface area contributed by atoms with Crippen LogP contribution in [-0.2, 0) is 9.47 Å². The summed E-state index contributed by atoms with van der Waals surface area (Å²) < 4.78 is 79.3. The van der Waals surface area contributed by atoms with Crippen LogP contribution in [0.3, 0.4) is 0 Å². The third kappa shape index (κ3) is 39.5. The molecule has 0 unspecified atom stereocenters. The molecule has 0 spiro atoms. The van der Waals surface area contributed by atoms with Crippen LogP contribution in [0.5, 0.6) is 0 Å². The summed E-state index contributed by atoms with van der Waals surface area (Å²) in [6, 6.07) is 0. The van der Waals surface area contributed by atoms with Gasteiger partial charge in [0.25, 0.3) is 0 Å². The molecule has 1 aliphatic heterocycles. The van der Waals surface area contributed by atoms with E-state index in [4.69, 9.17) is 63.9 Å². The molecule has 35 heavy (non-hydrogen) atoms. The first-order chi connectivity index (χ1) is 15.8. The maximum absolute atomic E-state index is 8.49. The standard InChI is InChI=1S/C16H38N6O2.2ClHO4.Pb/c17-1-4-20-7-9-21(5-2-18)11-13-23-15-16-24-14-12-22(6-3-19)10-8-20;2*2-1(3,4)5;/h1-19H2;2*(H,2,3,4,5);/q;;;+2/p-2. The van der Waals surface area contributed by atoms with Crippen LogP contribution in [0.1, 0.15) is 0 Å². The molecule has 1 fully saturated rings. The zero-order valence-corrected chi connectivity index (χ0v) is 25.1. The Labute approximate surface area is 230 Å². The van der Waals surface area contributed by atoms with E-state index in [1.807, 2.05) is 0 Å². The molecule has 0 aromatic carbocycles. The Bertz CT molecular complexity index is 410. The molecule has 16 nitrogen and oxygen atoms in total. The minimum Gasteiger partial charge on any atom is -0.378 e. The van der Waals surface area contributed by atoms with Crippen molar-refractivity contribution in [2.24, 2.45) is 17.2 Å². The molecule has 0 saturated carbocycles. The van der Waals surface area contributed by atoms with Crippen LogP contribution in [0, 0.1) is 20.5 Å². The number of hydrogen-bond donors (Lipinski definition) is 3. The summed E-state index contributed by atoms with van der Waals surface area (Å²) in [5.41, 5.74) is 17.2. The predicted octanol–water partition coefficient (Wildman–Crippen LogP) is -12.1. The number of rotatable bonds is 6. The number of ether oxygens (including phenoxy) is 2. The Morgan fingerprint density at radius 1 is 0.486 bits per heavy atom. The van der Waals surface area contributed by atoms with Crippen LogP contribution in [0.4, 0.5) is 0 Å². The van der Waals surface area contributed by atoms with Crippen molar-refractivity contribution >= 4 is 27.3 Å². The molecule has 0 bridgehead atoms. The van der Waals surface area contributed by atoms with Gasteiger partial charge in [-0.25, -0.2) is 37.3 Å². The van der Waals surface area contributed by atoms with E-state index >= 15 is 0 Å². The monoisotopic (exact) mass is 752 g/mol. The van der Waals surface area contributed by atoms with Crippen LogP contribution >= 0.6 is 0 Å². The Kier molecular flexibility index (Phi) is 29.0. The first-order valence-corrected chi connectivity index (χ1v) is 12.9. The molecule has 1 heterocycles. The SMILES string of the molecule is NCCN1CCOCCOCCN(CCN)CCN(CCN)CC1.[O-][Cl+3]([O-])([O-])[O-].[O-][Cl+3]([O-])([O-])[O-].[Pb+2].